The van der Waals surface area contributed by atoms with E-state index in [0.29, 0.717) is 12.0 Å². The van der Waals surface area contributed by atoms with Crippen molar-refractivity contribution in [2.24, 2.45) is 10.7 Å². The highest BCUT2D eigenvalue weighted by Gasteiger charge is 2.13. The standard InChI is InChI=1S/C18H30N4/c1-4-22(14(2)3)13-12-20-18(19)21-17-11-7-9-15-8-5-6-10-16(15)17/h7,9,11,14H,4-6,8,10,12-13H2,1-3H3,(H3,19,20,21). The van der Waals surface area contributed by atoms with Gasteiger partial charge < -0.3 is 11.1 Å². The Labute approximate surface area is 134 Å². The molecule has 22 heavy (non-hydrogen) atoms. The van der Waals surface area contributed by atoms with Gasteiger partial charge in [0, 0.05) is 18.3 Å². The molecule has 1 aliphatic carbocycles. The minimum Gasteiger partial charge on any atom is -0.370 e. The first-order chi connectivity index (χ1) is 10.6. The molecule has 0 atom stereocenters. The fraction of sp³-hybridized carbons (Fsp3) is 0.611. The molecule has 4 nitrogen and oxygen atoms in total. The molecule has 0 radical (unpaired) electrons. The average molecular weight is 302 g/mol. The Hall–Kier alpha value is -1.55. The highest BCUT2D eigenvalue weighted by Crippen LogP contribution is 2.27. The van der Waals surface area contributed by atoms with Gasteiger partial charge in [-0.25, -0.2) is 0 Å². The number of nitrogens with zero attached hydrogens (tertiary/aromatic N) is 2. The zero-order chi connectivity index (χ0) is 15.9. The van der Waals surface area contributed by atoms with Crippen molar-refractivity contribution in [3.63, 3.8) is 0 Å². The molecule has 0 spiro atoms. The van der Waals surface area contributed by atoms with E-state index in [0.717, 1.165) is 31.7 Å². The number of rotatable bonds is 6. The zero-order valence-electron chi connectivity index (χ0n) is 14.2. The number of nitrogens with one attached hydrogen (secondary N) is 1. The fourth-order valence-electron chi connectivity index (χ4n) is 3.16. The molecule has 2 rings (SSSR count). The highest BCUT2D eigenvalue weighted by molar-refractivity contribution is 5.93. The maximum Gasteiger partial charge on any atom is 0.193 e. The van der Waals surface area contributed by atoms with Crippen molar-refractivity contribution in [2.75, 3.05) is 25.0 Å². The largest absolute Gasteiger partial charge is 0.370 e. The van der Waals surface area contributed by atoms with Gasteiger partial charge in [-0.15, -0.1) is 0 Å². The Balaban J connectivity index is 1.94. The first kappa shape index (κ1) is 16.8. The van der Waals surface area contributed by atoms with Crippen molar-refractivity contribution < 1.29 is 0 Å². The van der Waals surface area contributed by atoms with Crippen LogP contribution >= 0.6 is 0 Å². The minimum atomic E-state index is 0.527. The molecule has 4 heteroatoms. The molecule has 1 aromatic carbocycles. The minimum absolute atomic E-state index is 0.527. The predicted octanol–water partition coefficient (Wildman–Crippen LogP) is 3.02. The summed E-state index contributed by atoms with van der Waals surface area (Å²) in [5.41, 5.74) is 10.1. The molecule has 3 N–H and O–H groups in total. The van der Waals surface area contributed by atoms with Crippen LogP contribution in [-0.2, 0) is 12.8 Å². The monoisotopic (exact) mass is 302 g/mol. The van der Waals surface area contributed by atoms with Crippen molar-refractivity contribution in [2.45, 2.75) is 52.5 Å². The Bertz CT molecular complexity index is 508. The summed E-state index contributed by atoms with van der Waals surface area (Å²) in [4.78, 5) is 6.87. The summed E-state index contributed by atoms with van der Waals surface area (Å²) in [7, 11) is 0. The van der Waals surface area contributed by atoms with Crippen LogP contribution in [0.25, 0.3) is 0 Å². The van der Waals surface area contributed by atoms with Gasteiger partial charge in [0.25, 0.3) is 0 Å². The van der Waals surface area contributed by atoms with Crippen LogP contribution < -0.4 is 11.1 Å². The van der Waals surface area contributed by atoms with E-state index < -0.39 is 0 Å². The van der Waals surface area contributed by atoms with Crippen molar-refractivity contribution in [3.05, 3.63) is 29.3 Å². The first-order valence-electron chi connectivity index (χ1n) is 8.53. The number of anilines is 1. The molecule has 0 unspecified atom stereocenters. The number of likely N-dealkylation sites (N-methyl/N-ethyl adjacent to an activating group) is 1. The first-order valence-corrected chi connectivity index (χ1v) is 8.53. The van der Waals surface area contributed by atoms with Crippen LogP contribution in [0.15, 0.2) is 23.2 Å². The molecule has 0 heterocycles. The molecule has 0 bridgehead atoms. The lowest BCUT2D eigenvalue weighted by Crippen LogP contribution is -2.33. The normalized spacial score (nSPS) is 15.2. The summed E-state index contributed by atoms with van der Waals surface area (Å²) in [5.74, 6) is 0.527. The van der Waals surface area contributed by atoms with Crippen LogP contribution in [0.1, 0.15) is 44.7 Å². The van der Waals surface area contributed by atoms with Crippen molar-refractivity contribution in [3.8, 4) is 0 Å². The lowest BCUT2D eigenvalue weighted by Gasteiger charge is -2.23. The second-order valence-corrected chi connectivity index (χ2v) is 6.26. The molecular weight excluding hydrogens is 272 g/mol. The summed E-state index contributed by atoms with van der Waals surface area (Å²) in [6.07, 6.45) is 4.88. The molecule has 1 aliphatic rings. The zero-order valence-corrected chi connectivity index (χ0v) is 14.2. The number of aliphatic imine (C=N–C) groups is 1. The summed E-state index contributed by atoms with van der Waals surface area (Å²) in [6, 6.07) is 7.00. The smallest absolute Gasteiger partial charge is 0.193 e. The number of hydrogen-bond acceptors (Lipinski definition) is 2. The molecular formula is C18H30N4. The Morgan fingerprint density at radius 2 is 2.09 bits per heavy atom. The van der Waals surface area contributed by atoms with Gasteiger partial charge in [-0.3, -0.25) is 9.89 Å². The Morgan fingerprint density at radius 1 is 1.32 bits per heavy atom. The summed E-state index contributed by atoms with van der Waals surface area (Å²) in [5, 5.41) is 3.30. The molecule has 0 amide bonds. The fourth-order valence-corrected chi connectivity index (χ4v) is 3.16. The van der Waals surface area contributed by atoms with Gasteiger partial charge in [0.15, 0.2) is 5.96 Å². The molecule has 0 fully saturated rings. The van der Waals surface area contributed by atoms with E-state index in [9.17, 15) is 0 Å². The van der Waals surface area contributed by atoms with Gasteiger partial charge in [-0.1, -0.05) is 19.1 Å². The van der Waals surface area contributed by atoms with Crippen LogP contribution in [-0.4, -0.2) is 36.5 Å². The number of aryl methyl sites for hydroxylation is 1. The van der Waals surface area contributed by atoms with Gasteiger partial charge in [0.1, 0.15) is 0 Å². The van der Waals surface area contributed by atoms with E-state index in [4.69, 9.17) is 5.73 Å². The quantitative estimate of drug-likeness (QED) is 0.627. The van der Waals surface area contributed by atoms with E-state index in [-0.39, 0.29) is 0 Å². The molecule has 0 saturated carbocycles. The molecule has 122 valence electrons. The number of fused-ring (bicyclic) bond motifs is 1. The van der Waals surface area contributed by atoms with Crippen LogP contribution in [0.5, 0.6) is 0 Å². The van der Waals surface area contributed by atoms with Gasteiger partial charge in [0.05, 0.1) is 6.54 Å². The van der Waals surface area contributed by atoms with Gasteiger partial charge in [-0.2, -0.15) is 0 Å². The lowest BCUT2D eigenvalue weighted by atomic mass is 9.90. The van der Waals surface area contributed by atoms with Gasteiger partial charge in [-0.05, 0) is 63.3 Å². The third-order valence-electron chi connectivity index (χ3n) is 4.46. The van der Waals surface area contributed by atoms with Crippen molar-refractivity contribution >= 4 is 11.6 Å². The van der Waals surface area contributed by atoms with E-state index in [2.05, 4.69) is 54.2 Å². The Kier molecular flexibility index (Phi) is 6.25. The number of benzene rings is 1. The molecule has 1 aromatic rings. The summed E-state index contributed by atoms with van der Waals surface area (Å²) in [6.45, 7) is 9.34. The van der Waals surface area contributed by atoms with E-state index in [1.54, 1.807) is 0 Å². The van der Waals surface area contributed by atoms with Crippen molar-refractivity contribution in [1.29, 1.82) is 0 Å². The summed E-state index contributed by atoms with van der Waals surface area (Å²) < 4.78 is 0. The highest BCUT2D eigenvalue weighted by atomic mass is 15.2. The number of guanidine groups is 1. The maximum absolute atomic E-state index is 6.06. The third kappa shape index (κ3) is 4.47. The lowest BCUT2D eigenvalue weighted by molar-refractivity contribution is 0.241. The SMILES string of the molecule is CCN(CCN=C(N)Nc1cccc2c1CCCC2)C(C)C. The molecule has 0 aliphatic heterocycles. The second kappa shape index (κ2) is 8.18. The van der Waals surface area contributed by atoms with E-state index in [1.807, 2.05) is 0 Å². The third-order valence-corrected chi connectivity index (χ3v) is 4.46. The number of hydrogen-bond donors (Lipinski definition) is 2. The van der Waals surface area contributed by atoms with Gasteiger partial charge in [0.2, 0.25) is 0 Å². The van der Waals surface area contributed by atoms with Gasteiger partial charge >= 0.3 is 0 Å². The predicted molar refractivity (Wildman–Crippen MR) is 95.6 cm³/mol. The second-order valence-electron chi connectivity index (χ2n) is 6.26. The topological polar surface area (TPSA) is 53.6 Å². The average Bonchev–Trinajstić information content (AvgIpc) is 2.51. The molecule has 0 aromatic heterocycles. The van der Waals surface area contributed by atoms with Crippen LogP contribution in [0.3, 0.4) is 0 Å². The van der Waals surface area contributed by atoms with Crippen LogP contribution in [0, 0.1) is 0 Å². The maximum atomic E-state index is 6.06. The van der Waals surface area contributed by atoms with Crippen molar-refractivity contribution in [1.82, 2.24) is 4.90 Å². The van der Waals surface area contributed by atoms with Crippen LogP contribution in [0.2, 0.25) is 0 Å². The molecule has 0 saturated heterocycles. The number of nitrogens with two attached hydrogens (primary N) is 1. The summed E-state index contributed by atoms with van der Waals surface area (Å²) >= 11 is 0. The van der Waals surface area contributed by atoms with E-state index in [1.165, 1.54) is 30.4 Å². The Morgan fingerprint density at radius 3 is 2.82 bits per heavy atom. The van der Waals surface area contributed by atoms with Crippen LogP contribution in [0.4, 0.5) is 5.69 Å². The van der Waals surface area contributed by atoms with E-state index >= 15 is 0 Å².